The zero-order valence-corrected chi connectivity index (χ0v) is 40.2. The Bertz CT molecular complexity index is 3910. The molecule has 340 valence electrons. The number of nitrogens with zero attached hydrogens (tertiary/aromatic N) is 5. The second kappa shape index (κ2) is 19.4. The number of aromatic nitrogens is 5. The second-order valence-corrected chi connectivity index (χ2v) is 17.2. The van der Waals surface area contributed by atoms with Gasteiger partial charge in [0.15, 0.2) is 0 Å². The van der Waals surface area contributed by atoms with E-state index in [-0.39, 0.29) is 20.1 Å². The molecule has 0 atom stereocenters. The van der Waals surface area contributed by atoms with Gasteiger partial charge in [-0.15, -0.1) is 84.4 Å². The molecule has 0 radical (unpaired) electrons. The van der Waals surface area contributed by atoms with Crippen LogP contribution in [-0.2, 0) is 45.8 Å². The Kier molecular flexibility index (Phi) is 12.3. The van der Waals surface area contributed by atoms with Gasteiger partial charge in [0.2, 0.25) is 0 Å². The van der Waals surface area contributed by atoms with Crippen molar-refractivity contribution >= 4 is 43.7 Å². The quantitative estimate of drug-likeness (QED) is 0.0707. The molecule has 0 fully saturated rings. The Labute approximate surface area is 420 Å². The Morgan fingerprint density at radius 3 is 1.58 bits per heavy atom. The Balaban J connectivity index is 0.00000547. The number of fused-ring (bicyclic) bond motifs is 6. The van der Waals surface area contributed by atoms with Gasteiger partial charge in [-0.25, -0.2) is 9.59 Å². The van der Waals surface area contributed by atoms with Gasteiger partial charge in [-0.1, -0.05) is 114 Å². The molecule has 71 heavy (non-hydrogen) atoms. The summed E-state index contributed by atoms with van der Waals surface area (Å²) < 4.78 is 11.3. The molecule has 7 aromatic carbocycles. The summed E-state index contributed by atoms with van der Waals surface area (Å²) >= 11 is 0. The summed E-state index contributed by atoms with van der Waals surface area (Å²) in [5, 5.41) is 20.1. The number of benzene rings is 7. The van der Waals surface area contributed by atoms with Crippen molar-refractivity contribution in [3.8, 4) is 55.8 Å². The first kappa shape index (κ1) is 44.9. The molecular formula is C61H38IrN5O4. The summed E-state index contributed by atoms with van der Waals surface area (Å²) in [4.78, 5) is 31.3. The summed E-state index contributed by atoms with van der Waals surface area (Å²) in [6.07, 6.45) is 4.23. The summed E-state index contributed by atoms with van der Waals surface area (Å²) in [6.45, 7) is 0. The summed E-state index contributed by atoms with van der Waals surface area (Å²) in [6, 6.07) is 68.0. The molecule has 0 N–H and O–H groups in total. The zero-order chi connectivity index (χ0) is 47.0. The van der Waals surface area contributed by atoms with Gasteiger partial charge in [0.1, 0.15) is 0 Å². The smallest absolute Gasteiger partial charge is 0.472 e. The standard InChI is InChI=1S/C61H38N5O4.Ir/c67-60-52-34-45(63-65-58(52)49-19-9-11-21-56(49)69-60)29-23-38-31-39(24-30-46-35-53-59(66-64-46)50-20-10-12-22-57(50)70-61(53)68)33-44(32-38)47-17-7-8-18-48(47)54-37-62-55(43-15-5-2-6-16-43)36-51(54)42-27-25-41(26-28-42)40-13-3-1-4-14-40;/h1-15,17-18,21-22,25-28,31-37H,23-24,29-30H2;/q-3;+3. The van der Waals surface area contributed by atoms with E-state index in [2.05, 4.69) is 136 Å². The predicted molar refractivity (Wildman–Crippen MR) is 274 cm³/mol. The van der Waals surface area contributed by atoms with Crippen molar-refractivity contribution in [3.63, 3.8) is 0 Å². The minimum Gasteiger partial charge on any atom is -0.472 e. The fourth-order valence-corrected chi connectivity index (χ4v) is 9.28. The topological polar surface area (TPSA) is 125 Å². The minimum atomic E-state index is -0.462. The van der Waals surface area contributed by atoms with E-state index in [1.165, 1.54) is 0 Å². The summed E-state index contributed by atoms with van der Waals surface area (Å²) in [7, 11) is 0. The van der Waals surface area contributed by atoms with Gasteiger partial charge in [0.25, 0.3) is 0 Å². The molecule has 0 aliphatic rings. The first-order valence-electron chi connectivity index (χ1n) is 23.0. The average molecular weight is 1100 g/mol. The van der Waals surface area contributed by atoms with Crippen LogP contribution in [-0.4, -0.2) is 25.4 Å². The fourth-order valence-electron chi connectivity index (χ4n) is 9.28. The second-order valence-electron chi connectivity index (χ2n) is 17.2. The number of aryl methyl sites for hydroxylation is 4. The van der Waals surface area contributed by atoms with Crippen LogP contribution in [0.2, 0.25) is 0 Å². The van der Waals surface area contributed by atoms with Crippen LogP contribution in [0, 0.1) is 18.2 Å². The maximum Gasteiger partial charge on any atom is 3.00 e. The zero-order valence-electron chi connectivity index (χ0n) is 37.9. The van der Waals surface area contributed by atoms with Crippen LogP contribution in [0.25, 0.3) is 99.5 Å². The van der Waals surface area contributed by atoms with Crippen molar-refractivity contribution in [1.29, 1.82) is 0 Å². The Morgan fingerprint density at radius 2 is 0.972 bits per heavy atom. The van der Waals surface area contributed by atoms with Gasteiger partial charge in [0, 0.05) is 44.7 Å². The molecule has 10 heteroatoms. The number of rotatable bonds is 11. The van der Waals surface area contributed by atoms with Crippen molar-refractivity contribution in [2.24, 2.45) is 0 Å². The van der Waals surface area contributed by atoms with Crippen LogP contribution in [0.4, 0.5) is 0 Å². The first-order chi connectivity index (χ1) is 34.5. The molecule has 0 aliphatic carbocycles. The maximum atomic E-state index is 13.1. The van der Waals surface area contributed by atoms with E-state index in [4.69, 9.17) is 13.8 Å². The third-order valence-electron chi connectivity index (χ3n) is 12.8. The normalized spacial score (nSPS) is 11.3. The third kappa shape index (κ3) is 8.98. The molecular weight excluding hydrogens is 1060 g/mol. The van der Waals surface area contributed by atoms with Gasteiger partial charge in [-0.05, 0) is 93.6 Å². The van der Waals surface area contributed by atoms with Crippen molar-refractivity contribution in [2.75, 3.05) is 0 Å². The van der Waals surface area contributed by atoms with Crippen molar-refractivity contribution in [1.82, 2.24) is 25.4 Å². The van der Waals surface area contributed by atoms with E-state index in [1.807, 2.05) is 36.5 Å². The van der Waals surface area contributed by atoms with E-state index in [0.717, 1.165) is 66.9 Å². The first-order valence-corrected chi connectivity index (χ1v) is 23.0. The van der Waals surface area contributed by atoms with E-state index >= 15 is 0 Å². The molecule has 0 saturated carbocycles. The Hall–Kier alpha value is -8.56. The van der Waals surface area contributed by atoms with Gasteiger partial charge < -0.3 is 13.8 Å². The monoisotopic (exact) mass is 1100 g/mol. The predicted octanol–water partition coefficient (Wildman–Crippen LogP) is 12.5. The minimum absolute atomic E-state index is 0. The van der Waals surface area contributed by atoms with E-state index in [9.17, 15) is 9.59 Å². The Morgan fingerprint density at radius 1 is 0.423 bits per heavy atom. The van der Waals surface area contributed by atoms with Gasteiger partial charge in [-0.2, -0.15) is 20.4 Å². The molecule has 5 aromatic heterocycles. The van der Waals surface area contributed by atoms with Crippen LogP contribution in [0.15, 0.2) is 201 Å². The van der Waals surface area contributed by atoms with Crippen LogP contribution < -0.4 is 11.3 Å². The summed E-state index contributed by atoms with van der Waals surface area (Å²) in [5.74, 6) is 0. The molecule has 5 heterocycles. The van der Waals surface area contributed by atoms with Crippen molar-refractivity contribution in [2.45, 2.75) is 25.7 Å². The van der Waals surface area contributed by atoms with Gasteiger partial charge >= 0.3 is 31.4 Å². The summed E-state index contributed by atoms with van der Waals surface area (Å²) in [5.41, 5.74) is 14.5. The molecule has 0 bridgehead atoms. The number of hydrogen-bond donors (Lipinski definition) is 0. The molecule has 9 nitrogen and oxygen atoms in total. The maximum absolute atomic E-state index is 13.1. The van der Waals surface area contributed by atoms with Crippen LogP contribution >= 0.6 is 0 Å². The van der Waals surface area contributed by atoms with Gasteiger partial charge in [-0.3, -0.25) is 0 Å². The molecule has 0 saturated heterocycles. The van der Waals surface area contributed by atoms with Crippen LogP contribution in [0.1, 0.15) is 22.5 Å². The molecule has 0 unspecified atom stereocenters. The van der Waals surface area contributed by atoms with Crippen molar-refractivity contribution in [3.05, 3.63) is 244 Å². The number of pyridine rings is 1. The van der Waals surface area contributed by atoms with Crippen LogP contribution in [0.3, 0.4) is 0 Å². The largest absolute Gasteiger partial charge is 3.00 e. The SMILES string of the molecule is O=c1oc2ccc[c-]c2c2nnc(CCc3cc(CCc4cc5c(=O)oc6ccc[c-]c6c5nn4)cc(-c4ccccc4-c4cnc(-c5[c-]cccc5)cc4-c4ccc(-c5ccccc5)cc4)c3)cc12.[Ir+3]. The third-order valence-corrected chi connectivity index (χ3v) is 12.8. The fraction of sp³-hybridized carbons (Fsp3) is 0.0656. The van der Waals surface area contributed by atoms with E-state index in [0.29, 0.717) is 80.8 Å². The van der Waals surface area contributed by atoms with Crippen LogP contribution in [0.5, 0.6) is 0 Å². The molecule has 12 aromatic rings. The van der Waals surface area contributed by atoms with Crippen molar-refractivity contribution < 1.29 is 28.9 Å². The molecule has 12 rings (SSSR count). The van der Waals surface area contributed by atoms with E-state index in [1.54, 1.807) is 48.5 Å². The number of hydrogen-bond acceptors (Lipinski definition) is 9. The van der Waals surface area contributed by atoms with E-state index < -0.39 is 11.3 Å². The van der Waals surface area contributed by atoms with Gasteiger partial charge in [0.05, 0.1) is 11.4 Å². The molecule has 0 spiro atoms. The molecule has 0 amide bonds. The molecule has 0 aliphatic heterocycles. The average Bonchev–Trinajstić information content (AvgIpc) is 3.42.